The van der Waals surface area contributed by atoms with Crippen LogP contribution in [0.5, 0.6) is 0 Å². The van der Waals surface area contributed by atoms with Crippen molar-refractivity contribution in [2.24, 2.45) is 50.2 Å². The van der Waals surface area contributed by atoms with Crippen LogP contribution < -0.4 is 0 Å². The first-order valence-electron chi connectivity index (χ1n) is 31.3. The molecule has 4 unspecified atom stereocenters. The number of aliphatic hydroxyl groups excluding tert-OH is 13. The molecule has 10 rings (SSSR count). The number of hydrogen-bond acceptors (Lipinski definition) is 27. The lowest BCUT2D eigenvalue weighted by Gasteiger charge is -2.75. The minimum Gasteiger partial charge on any atom is -0.479 e. The predicted octanol–water partition coefficient (Wildman–Crippen LogP) is -1.88. The van der Waals surface area contributed by atoms with E-state index in [1.165, 1.54) is 13.8 Å². The fraction of sp³-hybridized carbons (Fsp3) is 0.918. The molecule has 5 saturated heterocycles. The fourth-order valence-electron chi connectivity index (χ4n) is 19.0. The molecule has 5 heterocycles. The zero-order valence-electron chi connectivity index (χ0n) is 52.3. The Morgan fingerprint density at radius 3 is 1.73 bits per heavy atom. The maximum Gasteiger partial charge on any atom is 0.335 e. The van der Waals surface area contributed by atoms with Crippen LogP contribution in [0.15, 0.2) is 11.6 Å². The second kappa shape index (κ2) is 24.5. The zero-order valence-corrected chi connectivity index (χ0v) is 52.3. The summed E-state index contributed by atoms with van der Waals surface area (Å²) in [5.74, 6) is -3.82. The number of carbonyl (C=O) groups is 3. The summed E-state index contributed by atoms with van der Waals surface area (Å²) < 4.78 is 68.7. The van der Waals surface area contributed by atoms with Gasteiger partial charge in [-0.25, -0.2) is 9.59 Å². The van der Waals surface area contributed by atoms with Gasteiger partial charge in [-0.15, -0.1) is 0 Å². The number of carbonyl (C=O) groups excluding carboxylic acids is 2. The smallest absolute Gasteiger partial charge is 0.335 e. The third-order valence-corrected chi connectivity index (χ3v) is 24.0. The molecule has 89 heavy (non-hydrogen) atoms. The summed E-state index contributed by atoms with van der Waals surface area (Å²) in [5.41, 5.74) is -5.88. The van der Waals surface area contributed by atoms with Gasteiger partial charge in [0.05, 0.1) is 42.5 Å². The standard InChI is InChI=1S/C61H96O28/c1-12-23(2)49(77)88-46-47(80-25(4)64)61-30(19-55(46,5)6)60(89-54(61)78)18-14-29-57(9)16-15-32(56(7,8)28(57)13-17-58(29,10)59(60,11)20-31(61)65)83-53-45(87-51-40(73)37(70)34(67)26(21-62)81-51)42(41(74)43(85-53)48(75)76)84-52-44(38(71)35(68)27(22-63)82-52)86-50-39(72)36(69)33(66)24(3)79-50/h12,24,26-47,50-54,62-63,65-74,78H,13-22H2,1-11H3,(H,75,76)/b23-12+/t24-,26+,27+,28?,29?,30?,31+,32-,33-,34-,35-,36+,37-,38-,39+,40+,41-,42-,43-,44+,45+,46-,47-,50-,51-,52-,53+,54?,57-,58+,59-,60-,61+/m0/s1. The van der Waals surface area contributed by atoms with Crippen molar-refractivity contribution in [2.45, 2.75) is 287 Å². The maximum absolute atomic E-state index is 13.5. The molecule has 0 aromatic carbocycles. The van der Waals surface area contributed by atoms with E-state index in [9.17, 15) is 85.9 Å². The molecule has 0 aromatic heterocycles. The number of ether oxygens (including phenoxy) is 11. The summed E-state index contributed by atoms with van der Waals surface area (Å²) >= 11 is 0. The summed E-state index contributed by atoms with van der Waals surface area (Å²) in [6.45, 7) is 18.6. The lowest BCUT2D eigenvalue weighted by atomic mass is 9.30. The predicted molar refractivity (Wildman–Crippen MR) is 298 cm³/mol. The molecule has 0 amide bonds. The number of rotatable bonds is 14. The maximum atomic E-state index is 13.5. The molecule has 5 saturated carbocycles. The molecule has 14 N–H and O–H groups in total. The second-order valence-electron chi connectivity index (χ2n) is 29.2. The average molecular weight is 1280 g/mol. The highest BCUT2D eigenvalue weighted by Gasteiger charge is 2.86. The van der Waals surface area contributed by atoms with Gasteiger partial charge in [0.1, 0.15) is 91.6 Å². The zero-order chi connectivity index (χ0) is 65.5. The van der Waals surface area contributed by atoms with Crippen LogP contribution in [0.25, 0.3) is 0 Å². The van der Waals surface area contributed by atoms with Gasteiger partial charge in [0, 0.05) is 29.2 Å². The number of fused-ring (bicyclic) bond motifs is 4. The van der Waals surface area contributed by atoms with Gasteiger partial charge in [0.25, 0.3) is 0 Å². The van der Waals surface area contributed by atoms with Gasteiger partial charge in [-0.3, -0.25) is 4.79 Å². The van der Waals surface area contributed by atoms with Crippen LogP contribution >= 0.6 is 0 Å². The van der Waals surface area contributed by atoms with Crippen LogP contribution in [0.3, 0.4) is 0 Å². The van der Waals surface area contributed by atoms with Crippen LogP contribution in [0, 0.1) is 50.2 Å². The van der Waals surface area contributed by atoms with E-state index in [1.54, 1.807) is 19.9 Å². The molecule has 0 aromatic rings. The van der Waals surface area contributed by atoms with Crippen molar-refractivity contribution in [2.75, 3.05) is 13.2 Å². The number of esters is 2. The fourth-order valence-corrected chi connectivity index (χ4v) is 19.0. The summed E-state index contributed by atoms with van der Waals surface area (Å²) in [4.78, 5) is 40.0. The first-order valence-corrected chi connectivity index (χ1v) is 31.3. The number of carboxylic acids is 1. The third-order valence-electron chi connectivity index (χ3n) is 24.0. The molecule has 1 spiro atoms. The average Bonchev–Trinajstić information content (AvgIpc) is 1.58. The Hall–Kier alpha value is -2.73. The lowest BCUT2D eigenvalue weighted by Crippen LogP contribution is -2.77. The highest BCUT2D eigenvalue weighted by Crippen LogP contribution is 2.82. The van der Waals surface area contributed by atoms with Gasteiger partial charge in [0.2, 0.25) is 0 Å². The topological polar surface area (TPSA) is 436 Å². The van der Waals surface area contributed by atoms with Gasteiger partial charge in [-0.05, 0) is 100 Å². The van der Waals surface area contributed by atoms with Crippen LogP contribution in [0.2, 0.25) is 0 Å². The number of carboxylic acid groups (broad SMARTS) is 1. The van der Waals surface area contributed by atoms with Crippen molar-refractivity contribution in [3.05, 3.63) is 11.6 Å². The highest BCUT2D eigenvalue weighted by atomic mass is 16.8. The Kier molecular flexibility index (Phi) is 19.0. The van der Waals surface area contributed by atoms with E-state index in [0.29, 0.717) is 44.1 Å². The first kappa shape index (κ1) is 69.1. The molecule has 5 aliphatic heterocycles. The molecule has 10 fully saturated rings. The van der Waals surface area contributed by atoms with E-state index >= 15 is 0 Å². The highest BCUT2D eigenvalue weighted by molar-refractivity contribution is 5.87. The summed E-state index contributed by atoms with van der Waals surface area (Å²) in [5, 5.41) is 157. The van der Waals surface area contributed by atoms with Crippen molar-refractivity contribution in [3.8, 4) is 0 Å². The molecular weight excluding hydrogens is 1180 g/mol. The van der Waals surface area contributed by atoms with Crippen molar-refractivity contribution in [1.82, 2.24) is 0 Å². The van der Waals surface area contributed by atoms with E-state index < -0.39 is 229 Å². The normalized spacial score (nSPS) is 53.5. The quantitative estimate of drug-likeness (QED) is 0.0514. The molecule has 508 valence electrons. The molecular formula is C61H96O28. The summed E-state index contributed by atoms with van der Waals surface area (Å²) in [7, 11) is 0. The third kappa shape index (κ3) is 10.6. The Bertz CT molecular complexity index is 2620. The van der Waals surface area contributed by atoms with Crippen molar-refractivity contribution >= 4 is 17.9 Å². The second-order valence-corrected chi connectivity index (χ2v) is 29.2. The Labute approximate surface area is 516 Å². The number of allylic oxidation sites excluding steroid dienone is 1. The van der Waals surface area contributed by atoms with E-state index in [0.717, 1.165) is 0 Å². The Balaban J connectivity index is 0.972. The molecule has 2 bridgehead atoms. The molecule has 28 nitrogen and oxygen atoms in total. The Morgan fingerprint density at radius 1 is 0.562 bits per heavy atom. The molecule has 0 radical (unpaired) electrons. The molecule has 28 heteroatoms. The molecule has 5 aliphatic carbocycles. The molecule has 33 atom stereocenters. The van der Waals surface area contributed by atoms with Crippen molar-refractivity contribution < 1.29 is 138 Å². The van der Waals surface area contributed by atoms with Crippen LogP contribution in [-0.2, 0) is 66.5 Å². The van der Waals surface area contributed by atoms with Gasteiger partial charge in [-0.1, -0.05) is 54.5 Å². The van der Waals surface area contributed by atoms with E-state index in [-0.39, 0.29) is 24.7 Å². The summed E-state index contributed by atoms with van der Waals surface area (Å²) in [6, 6.07) is 0. The number of aliphatic carboxylic acids is 1. The van der Waals surface area contributed by atoms with Crippen LogP contribution in [0.4, 0.5) is 0 Å². The minimum atomic E-state index is -2.29. The van der Waals surface area contributed by atoms with E-state index in [2.05, 4.69) is 20.8 Å². The van der Waals surface area contributed by atoms with Crippen LogP contribution in [-0.4, -0.2) is 262 Å². The lowest BCUT2D eigenvalue weighted by molar-refractivity contribution is -0.406. The molecule has 10 aliphatic rings. The van der Waals surface area contributed by atoms with E-state index in [1.807, 2.05) is 27.7 Å². The largest absolute Gasteiger partial charge is 0.479 e. The first-order chi connectivity index (χ1) is 41.5. The van der Waals surface area contributed by atoms with Crippen LogP contribution in [0.1, 0.15) is 128 Å². The van der Waals surface area contributed by atoms with Gasteiger partial charge >= 0.3 is 17.9 Å². The summed E-state index contributed by atoms with van der Waals surface area (Å²) in [6.07, 6.45) is -39.2. The van der Waals surface area contributed by atoms with Gasteiger partial charge in [0.15, 0.2) is 43.7 Å². The number of aliphatic hydroxyl groups is 13. The SMILES string of the molecule is C/C=C(\C)C(=O)O[C@H]1[C@H](OC(C)=O)[C@]23C(O)O[C@@]4(CCC5[C@@]6(C)CC[C@H](O[C@@H]7O[C@H](C(=O)O)[C@@H](O)[C@H](O[C@@H]8O[C@H](CO)[C@H](O)[C@H](O)[C@H]8O[C@@H]8O[C@@H](C)[C@H](O)[C@@H](O)[C@H]8O)[C@H]7O[C@@H]7O[C@H](CO)[C@H](O)[C@H](O)[C@H]7O)C(C)(C)C6CC[C@@]5(C)[C@]4(C)C[C@H]2O)C3CC1(C)C. The van der Waals surface area contributed by atoms with Crippen molar-refractivity contribution in [1.29, 1.82) is 0 Å². The van der Waals surface area contributed by atoms with E-state index in [4.69, 9.17) is 52.1 Å². The minimum absolute atomic E-state index is 0.0551. The van der Waals surface area contributed by atoms with Gasteiger partial charge in [-0.2, -0.15) is 0 Å². The Morgan fingerprint density at radius 2 is 1.12 bits per heavy atom. The van der Waals surface area contributed by atoms with Crippen molar-refractivity contribution in [3.63, 3.8) is 0 Å². The monoisotopic (exact) mass is 1280 g/mol. The van der Waals surface area contributed by atoms with Gasteiger partial charge < -0.3 is 124 Å². The number of hydrogen-bond donors (Lipinski definition) is 14.